The van der Waals surface area contributed by atoms with Gasteiger partial charge in [0.25, 0.3) is 5.91 Å². The maximum absolute atomic E-state index is 13.2. The Morgan fingerprint density at radius 3 is 2.64 bits per heavy atom. The number of carbonyl (C=O) groups is 1. The van der Waals surface area contributed by atoms with Crippen LogP contribution < -0.4 is 5.32 Å². The largest absolute Gasteiger partial charge is 0.291 e. The second kappa shape index (κ2) is 8.28. The van der Waals surface area contributed by atoms with Gasteiger partial charge in [0.2, 0.25) is 5.95 Å². The molecule has 0 aliphatic heterocycles. The van der Waals surface area contributed by atoms with Crippen molar-refractivity contribution in [2.75, 3.05) is 5.32 Å². The van der Waals surface area contributed by atoms with Crippen LogP contribution in [-0.4, -0.2) is 30.5 Å². The number of aryl methyl sites for hydroxylation is 1. The number of nitrogens with zero attached hydrogens (tertiary/aromatic N) is 5. The first-order chi connectivity index (χ1) is 13.3. The minimum atomic E-state index is -0.537. The molecule has 1 aromatic carbocycles. The molecule has 3 rings (SSSR count). The third-order valence-electron chi connectivity index (χ3n) is 4.34. The van der Waals surface area contributed by atoms with Gasteiger partial charge in [0.1, 0.15) is 18.2 Å². The lowest BCUT2D eigenvalue weighted by molar-refractivity contribution is -0.119. The molecule has 0 bridgehead atoms. The number of amides is 1. The van der Waals surface area contributed by atoms with Crippen LogP contribution in [0.1, 0.15) is 36.3 Å². The number of benzene rings is 1. The summed E-state index contributed by atoms with van der Waals surface area (Å²) in [6, 6.07) is 3.61. The van der Waals surface area contributed by atoms with Crippen molar-refractivity contribution in [2.45, 2.75) is 39.8 Å². The van der Waals surface area contributed by atoms with E-state index in [1.807, 2.05) is 13.8 Å². The second-order valence-electron chi connectivity index (χ2n) is 6.34. The van der Waals surface area contributed by atoms with Gasteiger partial charge in [0, 0.05) is 5.02 Å². The van der Waals surface area contributed by atoms with Crippen molar-refractivity contribution in [2.24, 2.45) is 0 Å². The first kappa shape index (κ1) is 20.3. The van der Waals surface area contributed by atoms with E-state index in [0.717, 1.165) is 5.69 Å². The van der Waals surface area contributed by atoms with Crippen molar-refractivity contribution in [3.05, 3.63) is 57.3 Å². The van der Waals surface area contributed by atoms with Crippen LogP contribution in [0.15, 0.2) is 24.5 Å². The van der Waals surface area contributed by atoms with Gasteiger partial charge >= 0.3 is 0 Å². The smallest absolute Gasteiger partial charge is 0.251 e. The molecule has 1 N–H and O–H groups in total. The molecule has 2 heterocycles. The molecule has 0 spiro atoms. The summed E-state index contributed by atoms with van der Waals surface area (Å²) in [5.41, 5.74) is 2.09. The van der Waals surface area contributed by atoms with E-state index in [-0.39, 0.29) is 11.9 Å². The van der Waals surface area contributed by atoms with E-state index < -0.39 is 11.9 Å². The molecule has 3 aromatic rings. The van der Waals surface area contributed by atoms with Gasteiger partial charge in [-0.05, 0) is 38.0 Å². The predicted octanol–water partition coefficient (Wildman–Crippen LogP) is 4.18. The minimum Gasteiger partial charge on any atom is -0.291 e. The topological polar surface area (TPSA) is 77.6 Å². The average Bonchev–Trinajstić information content (AvgIpc) is 3.18. The maximum atomic E-state index is 13.2. The van der Waals surface area contributed by atoms with Crippen molar-refractivity contribution in [3.8, 4) is 0 Å². The fourth-order valence-corrected chi connectivity index (χ4v) is 3.21. The van der Waals surface area contributed by atoms with Gasteiger partial charge in [-0.25, -0.2) is 14.1 Å². The zero-order valence-corrected chi connectivity index (χ0v) is 17.1. The Labute approximate surface area is 171 Å². The number of carbonyl (C=O) groups excluding carboxylic acids is 1. The van der Waals surface area contributed by atoms with E-state index in [9.17, 15) is 9.18 Å². The van der Waals surface area contributed by atoms with Crippen molar-refractivity contribution in [1.82, 2.24) is 24.5 Å². The molecule has 1 unspecified atom stereocenters. The molecule has 28 heavy (non-hydrogen) atoms. The Balaban J connectivity index is 1.73. The highest BCUT2D eigenvalue weighted by molar-refractivity contribution is 6.32. The highest BCUT2D eigenvalue weighted by Crippen LogP contribution is 2.24. The van der Waals surface area contributed by atoms with Crippen LogP contribution in [0.2, 0.25) is 10.0 Å². The molecule has 0 fully saturated rings. The summed E-state index contributed by atoms with van der Waals surface area (Å²) in [6.45, 7) is 5.79. The number of anilines is 1. The van der Waals surface area contributed by atoms with Gasteiger partial charge in [0.15, 0.2) is 0 Å². The van der Waals surface area contributed by atoms with Crippen LogP contribution in [0.5, 0.6) is 0 Å². The van der Waals surface area contributed by atoms with Gasteiger partial charge in [-0.15, -0.1) is 5.10 Å². The molecule has 10 heteroatoms. The van der Waals surface area contributed by atoms with Crippen LogP contribution in [0.25, 0.3) is 0 Å². The lowest BCUT2D eigenvalue weighted by atomic mass is 10.2. The number of halogens is 3. The number of aromatic nitrogens is 5. The first-order valence-corrected chi connectivity index (χ1v) is 9.41. The number of hydrogen-bond acceptors (Lipinski definition) is 4. The monoisotopic (exact) mass is 424 g/mol. The molecule has 7 nitrogen and oxygen atoms in total. The summed E-state index contributed by atoms with van der Waals surface area (Å²) < 4.78 is 16.3. The lowest BCUT2D eigenvalue weighted by Crippen LogP contribution is -2.27. The fourth-order valence-electron chi connectivity index (χ4n) is 2.86. The minimum absolute atomic E-state index is 0.161. The highest BCUT2D eigenvalue weighted by Gasteiger charge is 2.24. The summed E-state index contributed by atoms with van der Waals surface area (Å²) in [5, 5.41) is 12.1. The van der Waals surface area contributed by atoms with Crippen LogP contribution in [-0.2, 0) is 11.3 Å². The SMILES string of the molecule is CCC(C(=O)Nc1ncn(Cc2ccc(F)cc2Cl)n1)n1nc(C)c(Cl)c1C. The molecule has 0 radical (unpaired) electrons. The quantitative estimate of drug-likeness (QED) is 0.643. The summed E-state index contributed by atoms with van der Waals surface area (Å²) in [4.78, 5) is 16.8. The molecule has 0 saturated carbocycles. The van der Waals surface area contributed by atoms with Crippen LogP contribution in [0, 0.1) is 19.7 Å². The fraction of sp³-hybridized carbons (Fsp3) is 0.333. The summed E-state index contributed by atoms with van der Waals surface area (Å²) in [6.07, 6.45) is 1.99. The van der Waals surface area contributed by atoms with E-state index in [0.29, 0.717) is 34.3 Å². The molecule has 148 valence electrons. The molecule has 0 aliphatic rings. The van der Waals surface area contributed by atoms with Gasteiger partial charge in [-0.2, -0.15) is 5.10 Å². The van der Waals surface area contributed by atoms with Crippen molar-refractivity contribution >= 4 is 35.1 Å². The zero-order valence-electron chi connectivity index (χ0n) is 15.6. The standard InChI is InChI=1S/C18H19Cl2FN6O/c1-4-15(27-11(3)16(20)10(2)24-27)17(28)23-18-22-9-26(25-18)8-12-5-6-13(21)7-14(12)19/h5-7,9,15H,4,8H2,1-3H3,(H,23,25,28). The third kappa shape index (κ3) is 4.18. The second-order valence-corrected chi connectivity index (χ2v) is 7.13. The molecule has 0 saturated heterocycles. The van der Waals surface area contributed by atoms with E-state index in [1.54, 1.807) is 17.7 Å². The Morgan fingerprint density at radius 1 is 1.29 bits per heavy atom. The lowest BCUT2D eigenvalue weighted by Gasteiger charge is -2.16. The van der Waals surface area contributed by atoms with Crippen LogP contribution in [0.3, 0.4) is 0 Å². The Kier molecular flexibility index (Phi) is 6.00. The molecular formula is C18H19Cl2FN6O. The first-order valence-electron chi connectivity index (χ1n) is 8.65. The molecule has 1 atom stereocenters. The Morgan fingerprint density at radius 2 is 2.04 bits per heavy atom. The maximum Gasteiger partial charge on any atom is 0.251 e. The molecule has 0 aliphatic carbocycles. The molecular weight excluding hydrogens is 406 g/mol. The normalized spacial score (nSPS) is 12.2. The number of rotatable bonds is 6. The summed E-state index contributed by atoms with van der Waals surface area (Å²) in [7, 11) is 0. The van der Waals surface area contributed by atoms with Gasteiger partial charge in [-0.3, -0.25) is 14.8 Å². The summed E-state index contributed by atoms with van der Waals surface area (Å²) >= 11 is 12.2. The zero-order chi connectivity index (χ0) is 20.4. The number of hydrogen-bond donors (Lipinski definition) is 1. The van der Waals surface area contributed by atoms with Gasteiger partial charge in [0.05, 0.1) is 23.0 Å². The number of nitrogens with one attached hydrogen (secondary N) is 1. The predicted molar refractivity (Wildman–Crippen MR) is 105 cm³/mol. The van der Waals surface area contributed by atoms with Crippen molar-refractivity contribution < 1.29 is 9.18 Å². The average molecular weight is 425 g/mol. The molecule has 2 aromatic heterocycles. The van der Waals surface area contributed by atoms with Crippen LogP contribution >= 0.6 is 23.2 Å². The third-order valence-corrected chi connectivity index (χ3v) is 5.24. The van der Waals surface area contributed by atoms with Gasteiger partial charge in [-0.1, -0.05) is 36.2 Å². The van der Waals surface area contributed by atoms with Crippen molar-refractivity contribution in [3.63, 3.8) is 0 Å². The van der Waals surface area contributed by atoms with E-state index in [2.05, 4.69) is 20.5 Å². The van der Waals surface area contributed by atoms with Crippen LogP contribution in [0.4, 0.5) is 10.3 Å². The van der Waals surface area contributed by atoms with E-state index >= 15 is 0 Å². The molecule has 1 amide bonds. The van der Waals surface area contributed by atoms with E-state index in [4.69, 9.17) is 23.2 Å². The van der Waals surface area contributed by atoms with Gasteiger partial charge < -0.3 is 0 Å². The highest BCUT2D eigenvalue weighted by atomic mass is 35.5. The van der Waals surface area contributed by atoms with Crippen molar-refractivity contribution in [1.29, 1.82) is 0 Å². The van der Waals surface area contributed by atoms with E-state index in [1.165, 1.54) is 23.1 Å². The Bertz CT molecular complexity index is 1020. The Hall–Kier alpha value is -2.45. The summed E-state index contributed by atoms with van der Waals surface area (Å²) in [5.74, 6) is -0.535.